The quantitative estimate of drug-likeness (QED) is 0.553. The molecule has 0 fully saturated rings. The van der Waals surface area contributed by atoms with Crippen LogP contribution in [0.1, 0.15) is 24.3 Å². The molecular weight excluding hydrogens is 374 g/mol. The van der Waals surface area contributed by atoms with Gasteiger partial charge >= 0.3 is 0 Å². The molecule has 154 valence electrons. The molecule has 3 aromatic rings. The summed E-state index contributed by atoms with van der Waals surface area (Å²) >= 11 is 0. The summed E-state index contributed by atoms with van der Waals surface area (Å²) in [5, 5.41) is 6.60. The summed E-state index contributed by atoms with van der Waals surface area (Å²) < 4.78 is 21.6. The van der Waals surface area contributed by atoms with Crippen LogP contribution in [0, 0.1) is 0 Å². The summed E-state index contributed by atoms with van der Waals surface area (Å²) in [5.74, 6) is 1.66. The van der Waals surface area contributed by atoms with Crippen molar-refractivity contribution in [1.29, 1.82) is 0 Å². The lowest BCUT2D eigenvalue weighted by atomic mass is 10.2. The molecule has 1 amide bonds. The molecule has 0 bridgehead atoms. The van der Waals surface area contributed by atoms with Crippen LogP contribution in [0.2, 0.25) is 0 Å². The Morgan fingerprint density at radius 1 is 1.14 bits per heavy atom. The average Bonchev–Trinajstić information content (AvgIpc) is 3.43. The molecule has 0 saturated carbocycles. The molecule has 8 nitrogen and oxygen atoms in total. The number of carbonyl (C=O) groups is 1. The Kier molecular flexibility index (Phi) is 6.91. The fourth-order valence-electron chi connectivity index (χ4n) is 2.80. The number of nitrogens with zero attached hydrogens (tertiary/aromatic N) is 2. The SMILES string of the molecule is CCN(CC)CCOc1cc(NC(=O)c2cc(-c3ccco3)on2)ccc1OC. The zero-order valence-electron chi connectivity index (χ0n) is 16.8. The number of likely N-dealkylation sites (N-methyl/N-ethyl adjacent to an activating group) is 1. The number of furan rings is 1. The van der Waals surface area contributed by atoms with E-state index in [9.17, 15) is 4.79 Å². The van der Waals surface area contributed by atoms with Gasteiger partial charge in [-0.3, -0.25) is 4.79 Å². The first-order chi connectivity index (χ1) is 14.1. The number of aromatic nitrogens is 1. The van der Waals surface area contributed by atoms with Gasteiger partial charge in [0, 0.05) is 24.4 Å². The fourth-order valence-corrected chi connectivity index (χ4v) is 2.80. The van der Waals surface area contributed by atoms with Gasteiger partial charge in [-0.25, -0.2) is 0 Å². The Hall–Kier alpha value is -3.26. The van der Waals surface area contributed by atoms with Crippen molar-refractivity contribution in [2.24, 2.45) is 0 Å². The molecule has 0 radical (unpaired) electrons. The van der Waals surface area contributed by atoms with E-state index < -0.39 is 5.91 Å². The highest BCUT2D eigenvalue weighted by molar-refractivity contribution is 6.03. The maximum atomic E-state index is 12.5. The number of hydrogen-bond acceptors (Lipinski definition) is 7. The van der Waals surface area contributed by atoms with Gasteiger partial charge in [-0.2, -0.15) is 0 Å². The molecule has 0 aliphatic heterocycles. The molecule has 29 heavy (non-hydrogen) atoms. The molecule has 0 aliphatic carbocycles. The largest absolute Gasteiger partial charge is 0.493 e. The number of amides is 1. The molecule has 0 aliphatic rings. The van der Waals surface area contributed by atoms with Crippen LogP contribution in [0.3, 0.4) is 0 Å². The van der Waals surface area contributed by atoms with E-state index in [0.29, 0.717) is 35.3 Å². The third-order valence-electron chi connectivity index (χ3n) is 4.49. The number of methoxy groups -OCH3 is 1. The summed E-state index contributed by atoms with van der Waals surface area (Å²) in [6.45, 7) is 7.48. The Morgan fingerprint density at radius 3 is 2.66 bits per heavy atom. The second kappa shape index (κ2) is 9.79. The first kappa shape index (κ1) is 20.5. The minimum atomic E-state index is -0.397. The lowest BCUT2D eigenvalue weighted by Gasteiger charge is -2.19. The van der Waals surface area contributed by atoms with E-state index in [1.54, 1.807) is 37.4 Å². The van der Waals surface area contributed by atoms with Gasteiger partial charge in [-0.1, -0.05) is 19.0 Å². The third kappa shape index (κ3) is 5.17. The molecule has 8 heteroatoms. The van der Waals surface area contributed by atoms with Crippen LogP contribution in [0.4, 0.5) is 5.69 Å². The Balaban J connectivity index is 1.66. The van der Waals surface area contributed by atoms with Crippen LogP contribution in [0.5, 0.6) is 11.5 Å². The standard InChI is InChI=1S/C21H25N3O5/c1-4-24(5-2)10-12-28-19-13-15(8-9-17(19)26-3)22-21(25)16-14-20(29-23-16)18-7-6-11-27-18/h6-9,11,13-14H,4-5,10,12H2,1-3H3,(H,22,25). The highest BCUT2D eigenvalue weighted by Crippen LogP contribution is 2.30. The molecule has 3 rings (SSSR count). The van der Waals surface area contributed by atoms with Crippen LogP contribution in [-0.4, -0.2) is 49.3 Å². The van der Waals surface area contributed by atoms with E-state index in [-0.39, 0.29) is 5.69 Å². The number of carbonyl (C=O) groups excluding carboxylic acids is 1. The monoisotopic (exact) mass is 399 g/mol. The molecule has 2 heterocycles. The topological polar surface area (TPSA) is 90.0 Å². The average molecular weight is 399 g/mol. The normalized spacial score (nSPS) is 10.9. The maximum absolute atomic E-state index is 12.5. The van der Waals surface area contributed by atoms with Gasteiger partial charge in [-0.05, 0) is 37.4 Å². The molecule has 2 aromatic heterocycles. The number of anilines is 1. The summed E-state index contributed by atoms with van der Waals surface area (Å²) in [6, 6.07) is 10.2. The predicted octanol–water partition coefficient (Wildman–Crippen LogP) is 3.92. The first-order valence-electron chi connectivity index (χ1n) is 9.49. The summed E-state index contributed by atoms with van der Waals surface area (Å²) in [4.78, 5) is 14.8. The zero-order chi connectivity index (χ0) is 20.6. The van der Waals surface area contributed by atoms with E-state index in [1.807, 2.05) is 0 Å². The zero-order valence-corrected chi connectivity index (χ0v) is 16.8. The Morgan fingerprint density at radius 2 is 1.97 bits per heavy atom. The van der Waals surface area contributed by atoms with E-state index in [0.717, 1.165) is 19.6 Å². The van der Waals surface area contributed by atoms with Gasteiger partial charge in [0.25, 0.3) is 5.91 Å². The first-order valence-corrected chi connectivity index (χ1v) is 9.49. The molecule has 0 unspecified atom stereocenters. The highest BCUT2D eigenvalue weighted by atomic mass is 16.5. The lowest BCUT2D eigenvalue weighted by Crippen LogP contribution is -2.28. The van der Waals surface area contributed by atoms with Crippen molar-refractivity contribution >= 4 is 11.6 Å². The van der Waals surface area contributed by atoms with Crippen molar-refractivity contribution in [2.45, 2.75) is 13.8 Å². The number of hydrogen-bond donors (Lipinski definition) is 1. The second-order valence-corrected chi connectivity index (χ2v) is 6.25. The number of ether oxygens (including phenoxy) is 2. The van der Waals surface area contributed by atoms with Gasteiger partial charge in [0.05, 0.1) is 13.4 Å². The van der Waals surface area contributed by atoms with E-state index in [4.69, 9.17) is 18.4 Å². The van der Waals surface area contributed by atoms with Crippen molar-refractivity contribution in [3.8, 4) is 23.0 Å². The van der Waals surface area contributed by atoms with E-state index in [2.05, 4.69) is 29.2 Å². The van der Waals surface area contributed by atoms with Gasteiger partial charge in [-0.15, -0.1) is 0 Å². The fraction of sp³-hybridized carbons (Fsp3) is 0.333. The van der Waals surface area contributed by atoms with Crippen LogP contribution >= 0.6 is 0 Å². The lowest BCUT2D eigenvalue weighted by molar-refractivity contribution is 0.101. The van der Waals surface area contributed by atoms with Crippen molar-refractivity contribution in [3.63, 3.8) is 0 Å². The predicted molar refractivity (Wildman–Crippen MR) is 108 cm³/mol. The minimum Gasteiger partial charge on any atom is -0.493 e. The van der Waals surface area contributed by atoms with Gasteiger partial charge < -0.3 is 28.6 Å². The number of benzene rings is 1. The Bertz CT molecular complexity index is 916. The van der Waals surface area contributed by atoms with Gasteiger partial charge in [0.1, 0.15) is 6.61 Å². The van der Waals surface area contributed by atoms with E-state index in [1.165, 1.54) is 12.3 Å². The minimum absolute atomic E-state index is 0.149. The summed E-state index contributed by atoms with van der Waals surface area (Å²) in [6.07, 6.45) is 1.52. The van der Waals surface area contributed by atoms with Gasteiger partial charge in [0.15, 0.2) is 23.0 Å². The summed E-state index contributed by atoms with van der Waals surface area (Å²) in [7, 11) is 1.58. The van der Waals surface area contributed by atoms with Crippen LogP contribution in [0.25, 0.3) is 11.5 Å². The third-order valence-corrected chi connectivity index (χ3v) is 4.49. The molecule has 0 spiro atoms. The number of nitrogens with one attached hydrogen (secondary N) is 1. The second-order valence-electron chi connectivity index (χ2n) is 6.25. The van der Waals surface area contributed by atoms with Crippen LogP contribution < -0.4 is 14.8 Å². The molecular formula is C21H25N3O5. The maximum Gasteiger partial charge on any atom is 0.277 e. The molecule has 1 N–H and O–H groups in total. The number of rotatable bonds is 10. The molecule has 0 atom stereocenters. The van der Waals surface area contributed by atoms with Crippen LogP contribution in [0.15, 0.2) is 51.6 Å². The van der Waals surface area contributed by atoms with Crippen molar-refractivity contribution in [3.05, 3.63) is 48.4 Å². The smallest absolute Gasteiger partial charge is 0.277 e. The van der Waals surface area contributed by atoms with Crippen molar-refractivity contribution in [1.82, 2.24) is 10.1 Å². The summed E-state index contributed by atoms with van der Waals surface area (Å²) in [5.41, 5.74) is 0.715. The van der Waals surface area contributed by atoms with Crippen molar-refractivity contribution in [2.75, 3.05) is 38.7 Å². The highest BCUT2D eigenvalue weighted by Gasteiger charge is 2.16. The van der Waals surface area contributed by atoms with Gasteiger partial charge in [0.2, 0.25) is 5.76 Å². The van der Waals surface area contributed by atoms with E-state index >= 15 is 0 Å². The molecule has 1 aromatic carbocycles. The van der Waals surface area contributed by atoms with Crippen molar-refractivity contribution < 1.29 is 23.2 Å². The molecule has 0 saturated heterocycles. The van der Waals surface area contributed by atoms with Crippen LogP contribution in [-0.2, 0) is 0 Å². The Labute approximate surface area is 169 Å².